The van der Waals surface area contributed by atoms with Crippen LogP contribution in [-0.4, -0.2) is 34.4 Å². The summed E-state index contributed by atoms with van der Waals surface area (Å²) in [6, 6.07) is 15.6. The summed E-state index contributed by atoms with van der Waals surface area (Å²) < 4.78 is 80.6. The molecule has 0 unspecified atom stereocenters. The predicted molar refractivity (Wildman–Crippen MR) is 128 cm³/mol. The number of carbonyl (C=O) groups is 2. The number of alkyl halides is 6. The molecule has 0 saturated heterocycles. The molecular weight excluding hydrogens is 514 g/mol. The molecule has 0 atom stereocenters. The van der Waals surface area contributed by atoms with E-state index >= 15 is 0 Å². The van der Waals surface area contributed by atoms with Gasteiger partial charge in [0.25, 0.3) is 0 Å². The minimum absolute atomic E-state index is 0.0472. The van der Waals surface area contributed by atoms with Crippen molar-refractivity contribution in [3.05, 3.63) is 95.7 Å². The molecule has 0 aliphatic carbocycles. The average molecular weight is 532 g/mol. The molecule has 2 aromatic heterocycles. The van der Waals surface area contributed by atoms with Crippen LogP contribution in [0.5, 0.6) is 0 Å². The van der Waals surface area contributed by atoms with Crippen LogP contribution >= 0.6 is 0 Å². The lowest BCUT2D eigenvalue weighted by atomic mass is 9.98. The molecule has 0 aliphatic rings. The second kappa shape index (κ2) is 10.0. The standard InChI is InChI=1S/C26H18F6N4O2/c1-33-21(37)13-19(15-6-3-2-4-7-15)17-10-11-20-34-23(35-24(38)26(30,31)32)22(36(20)14-17)16-8-5-9-18(12-16)25(27,28)29/h2-14H,1H3,(H,33,37)(H,35,38). The molecule has 196 valence electrons. The van der Waals surface area contributed by atoms with Crippen LogP contribution in [0.4, 0.5) is 32.2 Å². The molecule has 0 saturated carbocycles. The molecule has 2 amide bonds. The zero-order valence-corrected chi connectivity index (χ0v) is 19.5. The Kier molecular flexibility index (Phi) is 6.99. The summed E-state index contributed by atoms with van der Waals surface area (Å²) in [6.07, 6.45) is -7.26. The second-order valence-corrected chi connectivity index (χ2v) is 8.02. The van der Waals surface area contributed by atoms with E-state index in [1.54, 1.807) is 41.7 Å². The van der Waals surface area contributed by atoms with Gasteiger partial charge in [-0.25, -0.2) is 4.98 Å². The number of aromatic nitrogens is 2. The highest BCUT2D eigenvalue weighted by Crippen LogP contribution is 2.36. The monoisotopic (exact) mass is 532 g/mol. The highest BCUT2D eigenvalue weighted by Gasteiger charge is 2.40. The second-order valence-electron chi connectivity index (χ2n) is 8.02. The smallest absolute Gasteiger partial charge is 0.356 e. The van der Waals surface area contributed by atoms with Crippen LogP contribution in [0.25, 0.3) is 22.5 Å². The maximum Gasteiger partial charge on any atom is 0.471 e. The van der Waals surface area contributed by atoms with Crippen molar-refractivity contribution in [3.63, 3.8) is 0 Å². The highest BCUT2D eigenvalue weighted by molar-refractivity contribution is 6.00. The molecule has 2 N–H and O–H groups in total. The van der Waals surface area contributed by atoms with Gasteiger partial charge in [-0.1, -0.05) is 42.5 Å². The molecule has 12 heteroatoms. The van der Waals surface area contributed by atoms with Gasteiger partial charge in [0.15, 0.2) is 5.82 Å². The van der Waals surface area contributed by atoms with Gasteiger partial charge in [0.05, 0.1) is 11.3 Å². The molecule has 0 fully saturated rings. The summed E-state index contributed by atoms with van der Waals surface area (Å²) in [6.45, 7) is 0. The summed E-state index contributed by atoms with van der Waals surface area (Å²) in [5.41, 5.74) is 0.117. The number of nitrogens with zero attached hydrogens (tertiary/aromatic N) is 2. The summed E-state index contributed by atoms with van der Waals surface area (Å²) >= 11 is 0. The van der Waals surface area contributed by atoms with Crippen LogP contribution in [0.1, 0.15) is 16.7 Å². The molecule has 0 spiro atoms. The Labute approximate surface area is 211 Å². The minimum atomic E-state index is -5.26. The SMILES string of the molecule is CNC(=O)C=C(c1ccccc1)c1ccc2nc(NC(=O)C(F)(F)F)c(-c3cccc(C(F)(F)F)c3)n2c1. The number of likely N-dealkylation sites (N-methyl/N-ethyl adjacent to an activating group) is 1. The van der Waals surface area contributed by atoms with Gasteiger partial charge in [0.2, 0.25) is 5.91 Å². The van der Waals surface area contributed by atoms with E-state index < -0.39 is 35.5 Å². The van der Waals surface area contributed by atoms with Crippen molar-refractivity contribution in [1.29, 1.82) is 0 Å². The first-order chi connectivity index (χ1) is 17.9. The lowest BCUT2D eigenvalue weighted by Gasteiger charge is -2.13. The van der Waals surface area contributed by atoms with Crippen LogP contribution in [0.2, 0.25) is 0 Å². The zero-order valence-electron chi connectivity index (χ0n) is 19.5. The van der Waals surface area contributed by atoms with Gasteiger partial charge < -0.3 is 10.6 Å². The number of nitrogens with one attached hydrogen (secondary N) is 2. The molecule has 0 radical (unpaired) electrons. The lowest BCUT2D eigenvalue weighted by molar-refractivity contribution is -0.167. The Morgan fingerprint density at radius 1 is 0.895 bits per heavy atom. The first kappa shape index (κ1) is 26.5. The number of pyridine rings is 1. The van der Waals surface area contributed by atoms with Crippen molar-refractivity contribution >= 4 is 28.9 Å². The van der Waals surface area contributed by atoms with Crippen LogP contribution < -0.4 is 10.6 Å². The van der Waals surface area contributed by atoms with Crippen molar-refractivity contribution in [3.8, 4) is 11.3 Å². The summed E-state index contributed by atoms with van der Waals surface area (Å²) in [5.74, 6) is -3.36. The predicted octanol–water partition coefficient (Wildman–Crippen LogP) is 5.70. The number of carbonyl (C=O) groups excluding carboxylic acids is 2. The van der Waals surface area contributed by atoms with Crippen LogP contribution in [-0.2, 0) is 15.8 Å². The Hall–Kier alpha value is -4.61. The van der Waals surface area contributed by atoms with Crippen LogP contribution in [0.15, 0.2) is 79.0 Å². The van der Waals surface area contributed by atoms with E-state index in [9.17, 15) is 35.9 Å². The molecule has 0 bridgehead atoms. The Morgan fingerprint density at radius 3 is 2.24 bits per heavy atom. The number of hydrogen-bond acceptors (Lipinski definition) is 3. The fraction of sp³-hybridized carbons (Fsp3) is 0.115. The van der Waals surface area contributed by atoms with Gasteiger partial charge in [-0.05, 0) is 41.0 Å². The number of rotatable bonds is 5. The number of hydrogen-bond donors (Lipinski definition) is 2. The number of benzene rings is 2. The topological polar surface area (TPSA) is 75.5 Å². The number of halogens is 6. The van der Waals surface area contributed by atoms with Crippen molar-refractivity contribution in [2.45, 2.75) is 12.4 Å². The fourth-order valence-corrected chi connectivity index (χ4v) is 3.74. The summed E-state index contributed by atoms with van der Waals surface area (Å²) in [4.78, 5) is 28.0. The minimum Gasteiger partial charge on any atom is -0.356 e. The van der Waals surface area contributed by atoms with E-state index in [1.807, 2.05) is 0 Å². The van der Waals surface area contributed by atoms with Crippen molar-refractivity contribution in [1.82, 2.24) is 14.7 Å². The first-order valence-corrected chi connectivity index (χ1v) is 11.0. The molecule has 4 rings (SSSR count). The lowest BCUT2D eigenvalue weighted by Crippen LogP contribution is -2.30. The third-order valence-corrected chi connectivity index (χ3v) is 5.49. The molecule has 4 aromatic rings. The van der Waals surface area contributed by atoms with E-state index in [-0.39, 0.29) is 16.9 Å². The van der Waals surface area contributed by atoms with Gasteiger partial charge in [-0.3, -0.25) is 14.0 Å². The van der Waals surface area contributed by atoms with Gasteiger partial charge >= 0.3 is 18.3 Å². The Morgan fingerprint density at radius 2 is 1.61 bits per heavy atom. The van der Waals surface area contributed by atoms with E-state index in [0.29, 0.717) is 16.7 Å². The molecule has 2 aromatic carbocycles. The maximum atomic E-state index is 13.4. The number of amides is 2. The number of anilines is 1. The van der Waals surface area contributed by atoms with E-state index in [2.05, 4.69) is 10.3 Å². The zero-order chi connectivity index (χ0) is 27.7. The van der Waals surface area contributed by atoms with Crippen molar-refractivity contribution in [2.75, 3.05) is 12.4 Å². The van der Waals surface area contributed by atoms with Crippen LogP contribution in [0, 0.1) is 0 Å². The average Bonchev–Trinajstić information content (AvgIpc) is 3.23. The Bertz CT molecular complexity index is 1540. The number of fused-ring (bicyclic) bond motifs is 1. The Balaban J connectivity index is 1.97. The van der Waals surface area contributed by atoms with E-state index in [4.69, 9.17) is 0 Å². The first-order valence-electron chi connectivity index (χ1n) is 11.0. The van der Waals surface area contributed by atoms with Gasteiger partial charge in [0, 0.05) is 24.9 Å². The highest BCUT2D eigenvalue weighted by atomic mass is 19.4. The van der Waals surface area contributed by atoms with E-state index in [1.165, 1.54) is 35.9 Å². The summed E-state index contributed by atoms with van der Waals surface area (Å²) in [7, 11) is 1.43. The summed E-state index contributed by atoms with van der Waals surface area (Å²) in [5, 5.41) is 4.14. The fourth-order valence-electron chi connectivity index (χ4n) is 3.74. The van der Waals surface area contributed by atoms with Gasteiger partial charge in [-0.15, -0.1) is 0 Å². The van der Waals surface area contributed by atoms with Gasteiger partial charge in [-0.2, -0.15) is 26.3 Å². The molecule has 38 heavy (non-hydrogen) atoms. The van der Waals surface area contributed by atoms with Crippen molar-refractivity contribution < 1.29 is 35.9 Å². The third-order valence-electron chi connectivity index (χ3n) is 5.49. The normalized spacial score (nSPS) is 12.4. The van der Waals surface area contributed by atoms with Crippen molar-refractivity contribution in [2.24, 2.45) is 0 Å². The molecule has 6 nitrogen and oxygen atoms in total. The van der Waals surface area contributed by atoms with Gasteiger partial charge in [0.1, 0.15) is 5.65 Å². The third kappa shape index (κ3) is 5.53. The largest absolute Gasteiger partial charge is 0.471 e. The van der Waals surface area contributed by atoms with E-state index in [0.717, 1.165) is 18.2 Å². The molecule has 0 aliphatic heterocycles. The molecular formula is C26H18F6N4O2. The van der Waals surface area contributed by atoms with Crippen LogP contribution in [0.3, 0.4) is 0 Å². The maximum absolute atomic E-state index is 13.4. The molecule has 2 heterocycles. The quantitative estimate of drug-likeness (QED) is 0.256. The number of imidazole rings is 1.